The largest absolute Gasteiger partial charge is 0.0878 e. The molecule has 1 atom stereocenters. The second-order valence-electron chi connectivity index (χ2n) is 3.04. The summed E-state index contributed by atoms with van der Waals surface area (Å²) >= 11 is 0. The molecule has 2 bridgehead atoms. The third-order valence-corrected chi connectivity index (χ3v) is 2.53. The molecule has 0 amide bonds. The fourth-order valence-electron chi connectivity index (χ4n) is 1.96. The Morgan fingerprint density at radius 3 is 2.89 bits per heavy atom. The van der Waals surface area contributed by atoms with E-state index < -0.39 is 0 Å². The zero-order chi connectivity index (χ0) is 6.27. The van der Waals surface area contributed by atoms with E-state index in [0.717, 1.165) is 5.92 Å². The highest BCUT2D eigenvalue weighted by atomic mass is 14.3. The molecule has 0 N–H and O–H groups in total. The van der Waals surface area contributed by atoms with Gasteiger partial charge in [0.1, 0.15) is 0 Å². The summed E-state index contributed by atoms with van der Waals surface area (Å²) in [7, 11) is 0. The van der Waals surface area contributed by atoms with Crippen LogP contribution in [0.3, 0.4) is 0 Å². The van der Waals surface area contributed by atoms with E-state index in [9.17, 15) is 0 Å². The van der Waals surface area contributed by atoms with Crippen LogP contribution in [0.4, 0.5) is 0 Å². The zero-order valence-electron chi connectivity index (χ0n) is 5.85. The first-order chi connectivity index (χ1) is 4.40. The van der Waals surface area contributed by atoms with Crippen molar-refractivity contribution >= 4 is 0 Å². The number of hydrogen-bond donors (Lipinski definition) is 0. The van der Waals surface area contributed by atoms with Crippen LogP contribution in [0.2, 0.25) is 0 Å². The van der Waals surface area contributed by atoms with Crippen LogP contribution < -0.4 is 0 Å². The van der Waals surface area contributed by atoms with E-state index in [1.807, 2.05) is 0 Å². The molecule has 2 rings (SSSR count). The first-order valence-corrected chi connectivity index (χ1v) is 3.73. The van der Waals surface area contributed by atoms with Gasteiger partial charge in [-0.3, -0.25) is 0 Å². The van der Waals surface area contributed by atoms with Crippen molar-refractivity contribution in [3.63, 3.8) is 0 Å². The Balaban J connectivity index is 2.30. The summed E-state index contributed by atoms with van der Waals surface area (Å²) in [6, 6.07) is 0. The summed E-state index contributed by atoms with van der Waals surface area (Å²) in [6.07, 6.45) is 8.71. The van der Waals surface area contributed by atoms with Crippen molar-refractivity contribution in [1.82, 2.24) is 0 Å². The fourth-order valence-corrected chi connectivity index (χ4v) is 1.96. The van der Waals surface area contributed by atoms with Crippen molar-refractivity contribution in [2.75, 3.05) is 0 Å². The molecule has 1 saturated carbocycles. The Kier molecular flexibility index (Phi) is 1.01. The van der Waals surface area contributed by atoms with Crippen molar-refractivity contribution in [1.29, 1.82) is 0 Å². The minimum absolute atomic E-state index is 0.921. The van der Waals surface area contributed by atoms with E-state index in [2.05, 4.69) is 19.1 Å². The van der Waals surface area contributed by atoms with Crippen molar-refractivity contribution < 1.29 is 0 Å². The van der Waals surface area contributed by atoms with Gasteiger partial charge in [-0.15, -0.1) is 0 Å². The Labute approximate surface area is 56.3 Å². The van der Waals surface area contributed by atoms with Crippen LogP contribution in [0, 0.1) is 5.92 Å². The molecular formula is C9H12. The standard InChI is InChI=1S/C9H12/c1-2-8-5-7-3-4-9(8)6-7/h2-3,9H,4-6H2,1H3. The van der Waals surface area contributed by atoms with Gasteiger partial charge in [0.15, 0.2) is 0 Å². The van der Waals surface area contributed by atoms with Gasteiger partial charge >= 0.3 is 0 Å². The first kappa shape index (κ1) is 5.28. The predicted molar refractivity (Wildman–Crippen MR) is 39.2 cm³/mol. The molecule has 0 saturated heterocycles. The average Bonchev–Trinajstić information content (AvgIpc) is 2.45. The van der Waals surface area contributed by atoms with Crippen LogP contribution in [0.25, 0.3) is 0 Å². The number of allylic oxidation sites excluding steroid dienone is 4. The van der Waals surface area contributed by atoms with Gasteiger partial charge in [0.2, 0.25) is 0 Å². The van der Waals surface area contributed by atoms with E-state index in [4.69, 9.17) is 0 Å². The summed E-state index contributed by atoms with van der Waals surface area (Å²) in [4.78, 5) is 0. The van der Waals surface area contributed by atoms with Crippen LogP contribution in [-0.4, -0.2) is 0 Å². The summed E-state index contributed by atoms with van der Waals surface area (Å²) < 4.78 is 0. The molecule has 9 heavy (non-hydrogen) atoms. The highest BCUT2D eigenvalue weighted by molar-refractivity contribution is 5.32. The number of hydrogen-bond acceptors (Lipinski definition) is 0. The number of fused-ring (bicyclic) bond motifs is 2. The Hall–Kier alpha value is -0.520. The van der Waals surface area contributed by atoms with Crippen LogP contribution >= 0.6 is 0 Å². The Morgan fingerprint density at radius 1 is 1.67 bits per heavy atom. The molecule has 0 nitrogen and oxygen atoms in total. The van der Waals surface area contributed by atoms with Gasteiger partial charge in [-0.05, 0) is 32.1 Å². The Morgan fingerprint density at radius 2 is 2.56 bits per heavy atom. The lowest BCUT2D eigenvalue weighted by Crippen LogP contribution is -1.92. The van der Waals surface area contributed by atoms with Crippen molar-refractivity contribution in [2.45, 2.75) is 26.2 Å². The molecule has 0 spiro atoms. The third kappa shape index (κ3) is 0.658. The molecule has 0 aromatic rings. The van der Waals surface area contributed by atoms with Gasteiger partial charge in [0.25, 0.3) is 0 Å². The summed E-state index contributed by atoms with van der Waals surface area (Å²) in [5, 5.41) is 0. The van der Waals surface area contributed by atoms with Crippen LogP contribution in [0.15, 0.2) is 23.3 Å². The van der Waals surface area contributed by atoms with Crippen LogP contribution in [0.5, 0.6) is 0 Å². The smallest absolute Gasteiger partial charge is 0.0105 e. The van der Waals surface area contributed by atoms with Gasteiger partial charge in [-0.2, -0.15) is 0 Å². The molecule has 0 radical (unpaired) electrons. The highest BCUT2D eigenvalue weighted by Crippen LogP contribution is 2.43. The second-order valence-corrected chi connectivity index (χ2v) is 3.04. The maximum absolute atomic E-state index is 2.41. The quantitative estimate of drug-likeness (QED) is 0.431. The predicted octanol–water partition coefficient (Wildman–Crippen LogP) is 2.67. The third-order valence-electron chi connectivity index (χ3n) is 2.53. The Bertz CT molecular complexity index is 184. The molecule has 0 heterocycles. The van der Waals surface area contributed by atoms with Gasteiger partial charge in [-0.1, -0.05) is 23.3 Å². The average molecular weight is 120 g/mol. The van der Waals surface area contributed by atoms with Crippen LogP contribution in [0.1, 0.15) is 26.2 Å². The second kappa shape index (κ2) is 1.73. The van der Waals surface area contributed by atoms with E-state index >= 15 is 0 Å². The SMILES string of the molecule is CC=C1CC2=CCC1C2. The molecule has 48 valence electrons. The van der Waals surface area contributed by atoms with Gasteiger partial charge < -0.3 is 0 Å². The molecule has 0 heteroatoms. The first-order valence-electron chi connectivity index (χ1n) is 3.73. The maximum atomic E-state index is 2.41. The van der Waals surface area contributed by atoms with Crippen molar-refractivity contribution in [3.05, 3.63) is 23.3 Å². The van der Waals surface area contributed by atoms with Crippen molar-refractivity contribution in [3.8, 4) is 0 Å². The molecule has 2 aliphatic rings. The normalized spacial score (nSPS) is 35.9. The van der Waals surface area contributed by atoms with E-state index in [1.165, 1.54) is 19.3 Å². The maximum Gasteiger partial charge on any atom is -0.0105 e. The van der Waals surface area contributed by atoms with E-state index in [1.54, 1.807) is 11.1 Å². The molecule has 0 aromatic carbocycles. The lowest BCUT2D eigenvalue weighted by Gasteiger charge is -2.06. The summed E-state index contributed by atoms with van der Waals surface area (Å²) in [6.45, 7) is 2.16. The van der Waals surface area contributed by atoms with Gasteiger partial charge in [-0.25, -0.2) is 0 Å². The molecule has 0 aromatic heterocycles. The molecular weight excluding hydrogens is 108 g/mol. The van der Waals surface area contributed by atoms with E-state index in [0.29, 0.717) is 0 Å². The topological polar surface area (TPSA) is 0 Å². The van der Waals surface area contributed by atoms with Gasteiger partial charge in [0, 0.05) is 0 Å². The minimum Gasteiger partial charge on any atom is -0.0878 e. The number of rotatable bonds is 0. The monoisotopic (exact) mass is 120 g/mol. The summed E-state index contributed by atoms with van der Waals surface area (Å²) in [5.74, 6) is 0.921. The van der Waals surface area contributed by atoms with Crippen molar-refractivity contribution in [2.24, 2.45) is 5.92 Å². The van der Waals surface area contributed by atoms with Crippen LogP contribution in [-0.2, 0) is 0 Å². The lowest BCUT2D eigenvalue weighted by atomic mass is 9.99. The summed E-state index contributed by atoms with van der Waals surface area (Å²) in [5.41, 5.74) is 3.38. The highest BCUT2D eigenvalue weighted by Gasteiger charge is 2.27. The lowest BCUT2D eigenvalue weighted by molar-refractivity contribution is 0.695. The molecule has 1 unspecified atom stereocenters. The minimum atomic E-state index is 0.921. The molecule has 2 aliphatic carbocycles. The zero-order valence-corrected chi connectivity index (χ0v) is 5.85. The molecule has 0 aliphatic heterocycles. The molecule has 1 fully saturated rings. The van der Waals surface area contributed by atoms with Gasteiger partial charge in [0.05, 0.1) is 0 Å². The fraction of sp³-hybridized carbons (Fsp3) is 0.556. The van der Waals surface area contributed by atoms with E-state index in [-0.39, 0.29) is 0 Å².